The highest BCUT2D eigenvalue weighted by atomic mass is 32.1. The van der Waals surface area contributed by atoms with E-state index >= 15 is 0 Å². The first kappa shape index (κ1) is 16.5. The number of carbonyl (C=O) groups is 2. The number of nitrogens with zero attached hydrogens (tertiary/aromatic N) is 1. The van der Waals surface area contributed by atoms with Gasteiger partial charge in [0.25, 0.3) is 0 Å². The van der Waals surface area contributed by atoms with Gasteiger partial charge in [-0.2, -0.15) is 0 Å². The van der Waals surface area contributed by atoms with Crippen LogP contribution in [-0.2, 0) is 11.3 Å². The van der Waals surface area contributed by atoms with Crippen LogP contribution in [0.25, 0.3) is 0 Å². The van der Waals surface area contributed by atoms with E-state index in [0.717, 1.165) is 4.88 Å². The van der Waals surface area contributed by atoms with Crippen molar-refractivity contribution in [1.29, 1.82) is 0 Å². The van der Waals surface area contributed by atoms with E-state index in [2.05, 4.69) is 5.32 Å². The van der Waals surface area contributed by atoms with Crippen LogP contribution < -0.4 is 5.32 Å². The van der Waals surface area contributed by atoms with Crippen molar-refractivity contribution in [3.8, 4) is 0 Å². The number of urea groups is 1. The molecular weight excluding hydrogens is 276 g/mol. The molecule has 0 saturated heterocycles. The SMILES string of the molecule is CCC(CNC(=O)N(Cc1cccs1)C(C)C)C(=O)O. The second kappa shape index (κ2) is 7.89. The van der Waals surface area contributed by atoms with Crippen molar-refractivity contribution in [3.63, 3.8) is 0 Å². The number of carboxylic acids is 1. The van der Waals surface area contributed by atoms with Gasteiger partial charge in [-0.15, -0.1) is 11.3 Å². The molecule has 0 spiro atoms. The van der Waals surface area contributed by atoms with Crippen LogP contribution in [0, 0.1) is 5.92 Å². The molecule has 1 unspecified atom stereocenters. The van der Waals surface area contributed by atoms with Gasteiger partial charge in [0.15, 0.2) is 0 Å². The third-order valence-electron chi connectivity index (χ3n) is 3.13. The van der Waals surface area contributed by atoms with E-state index in [9.17, 15) is 9.59 Å². The third kappa shape index (κ3) is 4.85. The maximum absolute atomic E-state index is 12.2. The number of carboxylic acid groups (broad SMARTS) is 1. The van der Waals surface area contributed by atoms with Gasteiger partial charge in [-0.1, -0.05) is 13.0 Å². The maximum Gasteiger partial charge on any atom is 0.317 e. The lowest BCUT2D eigenvalue weighted by molar-refractivity contribution is -0.141. The number of hydrogen-bond donors (Lipinski definition) is 2. The standard InChI is InChI=1S/C14H22N2O3S/c1-4-11(13(17)18)8-15-14(19)16(10(2)3)9-12-6-5-7-20-12/h5-7,10-11H,4,8-9H2,1-3H3,(H,15,19)(H,17,18). The Morgan fingerprint density at radius 3 is 2.60 bits per heavy atom. The summed E-state index contributed by atoms with van der Waals surface area (Å²) in [6, 6.07) is 3.78. The van der Waals surface area contributed by atoms with Crippen molar-refractivity contribution in [1.82, 2.24) is 10.2 Å². The molecule has 1 aromatic heterocycles. The highest BCUT2D eigenvalue weighted by Crippen LogP contribution is 2.14. The smallest absolute Gasteiger partial charge is 0.317 e. The summed E-state index contributed by atoms with van der Waals surface area (Å²) in [7, 11) is 0. The van der Waals surface area contributed by atoms with Gasteiger partial charge in [0.1, 0.15) is 0 Å². The molecule has 2 N–H and O–H groups in total. The van der Waals surface area contributed by atoms with E-state index in [4.69, 9.17) is 5.11 Å². The summed E-state index contributed by atoms with van der Waals surface area (Å²) in [5, 5.41) is 13.7. The van der Waals surface area contributed by atoms with Gasteiger partial charge < -0.3 is 15.3 Å². The van der Waals surface area contributed by atoms with Crippen molar-refractivity contribution in [3.05, 3.63) is 22.4 Å². The molecule has 2 amide bonds. The average molecular weight is 298 g/mol. The number of amides is 2. The molecule has 1 aromatic rings. The fraction of sp³-hybridized carbons (Fsp3) is 0.571. The van der Waals surface area contributed by atoms with E-state index in [1.165, 1.54) is 0 Å². The van der Waals surface area contributed by atoms with E-state index in [1.54, 1.807) is 23.2 Å². The summed E-state index contributed by atoms with van der Waals surface area (Å²) in [4.78, 5) is 25.9. The molecule has 5 nitrogen and oxygen atoms in total. The second-order valence-electron chi connectivity index (χ2n) is 4.93. The van der Waals surface area contributed by atoms with Crippen LogP contribution in [-0.4, -0.2) is 34.6 Å². The number of rotatable bonds is 7. The lowest BCUT2D eigenvalue weighted by Gasteiger charge is -2.27. The fourth-order valence-corrected chi connectivity index (χ4v) is 2.48. The molecule has 20 heavy (non-hydrogen) atoms. The maximum atomic E-state index is 12.2. The minimum Gasteiger partial charge on any atom is -0.481 e. The van der Waals surface area contributed by atoms with Crippen LogP contribution in [0.4, 0.5) is 4.79 Å². The Morgan fingerprint density at radius 1 is 1.45 bits per heavy atom. The predicted octanol–water partition coefficient (Wildman–Crippen LogP) is 2.78. The van der Waals surface area contributed by atoms with Gasteiger partial charge in [-0.05, 0) is 31.7 Å². The first-order valence-electron chi connectivity index (χ1n) is 6.75. The van der Waals surface area contributed by atoms with E-state index in [1.807, 2.05) is 31.4 Å². The summed E-state index contributed by atoms with van der Waals surface area (Å²) in [5.41, 5.74) is 0. The summed E-state index contributed by atoms with van der Waals surface area (Å²) >= 11 is 1.60. The zero-order valence-electron chi connectivity index (χ0n) is 12.1. The summed E-state index contributed by atoms with van der Waals surface area (Å²) in [6.45, 7) is 6.41. The zero-order valence-corrected chi connectivity index (χ0v) is 12.9. The Labute approximate surface area is 123 Å². The topological polar surface area (TPSA) is 69.6 Å². The fourth-order valence-electron chi connectivity index (χ4n) is 1.78. The molecule has 1 atom stereocenters. The number of hydrogen-bond acceptors (Lipinski definition) is 3. The summed E-state index contributed by atoms with van der Waals surface area (Å²) in [6.07, 6.45) is 0.502. The van der Waals surface area contributed by atoms with Crippen LogP contribution in [0.3, 0.4) is 0 Å². The lowest BCUT2D eigenvalue weighted by atomic mass is 10.1. The number of thiophene rings is 1. The van der Waals surface area contributed by atoms with E-state index in [0.29, 0.717) is 13.0 Å². The normalized spacial score (nSPS) is 12.2. The molecule has 1 rings (SSSR count). The van der Waals surface area contributed by atoms with Gasteiger partial charge in [-0.3, -0.25) is 4.79 Å². The largest absolute Gasteiger partial charge is 0.481 e. The van der Waals surface area contributed by atoms with Crippen LogP contribution in [0.15, 0.2) is 17.5 Å². The Kier molecular flexibility index (Phi) is 6.51. The monoisotopic (exact) mass is 298 g/mol. The Bertz CT molecular complexity index is 432. The molecule has 0 radical (unpaired) electrons. The lowest BCUT2D eigenvalue weighted by Crippen LogP contribution is -2.45. The van der Waals surface area contributed by atoms with Crippen LogP contribution in [0.5, 0.6) is 0 Å². The molecule has 0 aliphatic rings. The summed E-state index contributed by atoms with van der Waals surface area (Å²) < 4.78 is 0. The molecule has 6 heteroatoms. The van der Waals surface area contributed by atoms with Crippen molar-refractivity contribution >= 4 is 23.3 Å². The second-order valence-corrected chi connectivity index (χ2v) is 5.96. The van der Waals surface area contributed by atoms with E-state index in [-0.39, 0.29) is 18.6 Å². The molecule has 0 bridgehead atoms. The minimum atomic E-state index is -0.873. The number of carbonyl (C=O) groups excluding carboxylic acids is 1. The Balaban J connectivity index is 2.58. The van der Waals surface area contributed by atoms with E-state index < -0.39 is 11.9 Å². The Morgan fingerprint density at radius 2 is 2.15 bits per heavy atom. The first-order valence-corrected chi connectivity index (χ1v) is 7.63. The molecular formula is C14H22N2O3S. The molecule has 0 aliphatic carbocycles. The van der Waals surface area contributed by atoms with Gasteiger partial charge in [0, 0.05) is 17.5 Å². The quantitative estimate of drug-likeness (QED) is 0.813. The molecule has 0 aromatic carbocycles. The van der Waals surface area contributed by atoms with Crippen molar-refractivity contribution < 1.29 is 14.7 Å². The van der Waals surface area contributed by atoms with Crippen molar-refractivity contribution in [2.45, 2.75) is 39.8 Å². The zero-order chi connectivity index (χ0) is 15.1. The van der Waals surface area contributed by atoms with Crippen LogP contribution in [0.2, 0.25) is 0 Å². The molecule has 0 fully saturated rings. The highest BCUT2D eigenvalue weighted by molar-refractivity contribution is 7.09. The predicted molar refractivity (Wildman–Crippen MR) is 79.8 cm³/mol. The first-order chi connectivity index (χ1) is 9.45. The van der Waals surface area contributed by atoms with Crippen LogP contribution >= 0.6 is 11.3 Å². The third-order valence-corrected chi connectivity index (χ3v) is 3.99. The molecule has 112 valence electrons. The number of nitrogens with one attached hydrogen (secondary N) is 1. The minimum absolute atomic E-state index is 0.0574. The van der Waals surface area contributed by atoms with Gasteiger partial charge >= 0.3 is 12.0 Å². The highest BCUT2D eigenvalue weighted by Gasteiger charge is 2.21. The molecule has 1 heterocycles. The molecule has 0 saturated carbocycles. The summed E-state index contributed by atoms with van der Waals surface area (Å²) in [5.74, 6) is -1.41. The number of aliphatic carboxylic acids is 1. The van der Waals surface area contributed by atoms with Crippen LogP contribution in [0.1, 0.15) is 32.1 Å². The average Bonchev–Trinajstić information content (AvgIpc) is 2.88. The van der Waals surface area contributed by atoms with Gasteiger partial charge in [0.05, 0.1) is 12.5 Å². The van der Waals surface area contributed by atoms with Gasteiger partial charge in [0.2, 0.25) is 0 Å². The van der Waals surface area contributed by atoms with Crippen molar-refractivity contribution in [2.75, 3.05) is 6.54 Å². The molecule has 0 aliphatic heterocycles. The Hall–Kier alpha value is -1.56. The van der Waals surface area contributed by atoms with Gasteiger partial charge in [-0.25, -0.2) is 4.79 Å². The van der Waals surface area contributed by atoms with Crippen molar-refractivity contribution in [2.24, 2.45) is 5.92 Å².